The van der Waals surface area contributed by atoms with Gasteiger partial charge in [0.2, 0.25) is 0 Å². The Morgan fingerprint density at radius 1 is 1.63 bits per heavy atom. The summed E-state index contributed by atoms with van der Waals surface area (Å²) >= 11 is 0. The van der Waals surface area contributed by atoms with Crippen LogP contribution in [0.2, 0.25) is 0 Å². The summed E-state index contributed by atoms with van der Waals surface area (Å²) in [6.45, 7) is 8.84. The van der Waals surface area contributed by atoms with Crippen molar-refractivity contribution in [2.45, 2.75) is 33.7 Å². The smallest absolute Gasteiger partial charge is 0.313 e. The van der Waals surface area contributed by atoms with Crippen LogP contribution in [0.5, 0.6) is 0 Å². The Balaban J connectivity index is 2.05. The zero-order chi connectivity index (χ0) is 13.9. The average molecular weight is 266 g/mol. The number of esters is 1. The van der Waals surface area contributed by atoms with Crippen LogP contribution in [-0.4, -0.2) is 35.7 Å². The molecule has 0 aliphatic carbocycles. The number of likely N-dealkylation sites (tertiary alicyclic amines) is 1. The van der Waals surface area contributed by atoms with E-state index < -0.39 is 0 Å². The lowest BCUT2D eigenvalue weighted by Gasteiger charge is -2.30. The minimum Gasteiger partial charge on any atom is -0.466 e. The van der Waals surface area contributed by atoms with E-state index in [9.17, 15) is 4.79 Å². The summed E-state index contributed by atoms with van der Waals surface area (Å²) in [5.41, 5.74) is 0.531. The third-order valence-corrected chi connectivity index (χ3v) is 4.04. The fraction of sp³-hybridized carbons (Fsp3) is 0.714. The first-order valence-electron chi connectivity index (χ1n) is 6.87. The van der Waals surface area contributed by atoms with E-state index in [0.717, 1.165) is 31.7 Å². The molecule has 0 bridgehead atoms. The van der Waals surface area contributed by atoms with Gasteiger partial charge in [0.15, 0.2) is 0 Å². The highest BCUT2D eigenvalue weighted by atomic mass is 16.5. The van der Waals surface area contributed by atoms with E-state index in [1.807, 2.05) is 13.0 Å². The normalized spacial score (nSPS) is 24.0. The lowest BCUT2D eigenvalue weighted by molar-refractivity contribution is -0.157. The van der Waals surface area contributed by atoms with Crippen LogP contribution in [0.1, 0.15) is 32.9 Å². The monoisotopic (exact) mass is 266 g/mol. The molecule has 0 unspecified atom stereocenters. The van der Waals surface area contributed by atoms with E-state index >= 15 is 0 Å². The minimum absolute atomic E-state index is 0.0624. The van der Waals surface area contributed by atoms with Crippen LogP contribution in [0.3, 0.4) is 0 Å². The van der Waals surface area contributed by atoms with Crippen molar-refractivity contribution in [1.82, 2.24) is 10.1 Å². The van der Waals surface area contributed by atoms with E-state index in [-0.39, 0.29) is 17.3 Å². The molecule has 0 N–H and O–H groups in total. The summed E-state index contributed by atoms with van der Waals surface area (Å²) < 4.78 is 10.1. The fourth-order valence-electron chi connectivity index (χ4n) is 2.75. The number of hydrogen-bond donors (Lipinski definition) is 0. The van der Waals surface area contributed by atoms with Crippen LogP contribution >= 0.6 is 0 Å². The van der Waals surface area contributed by atoms with Crippen molar-refractivity contribution >= 4 is 5.97 Å². The highest BCUT2D eigenvalue weighted by molar-refractivity contribution is 5.78. The second-order valence-electron chi connectivity index (χ2n) is 5.48. The molecule has 5 heteroatoms. The third-order valence-electron chi connectivity index (χ3n) is 4.04. The predicted octanol–water partition coefficient (Wildman–Crippen LogP) is 2.09. The molecule has 1 aliphatic heterocycles. The zero-order valence-electron chi connectivity index (χ0n) is 11.9. The summed E-state index contributed by atoms with van der Waals surface area (Å²) in [7, 11) is 0. The van der Waals surface area contributed by atoms with Crippen molar-refractivity contribution < 1.29 is 14.1 Å². The van der Waals surface area contributed by atoms with E-state index in [2.05, 4.69) is 23.9 Å². The standard InChI is InChI=1S/C14H22N2O3/c1-4-18-13(17)14(11(2)3)6-7-16(10-14)9-12-5-8-19-15-12/h5,8,11H,4,6-7,9-10H2,1-3H3/t14-/m1/s1. The molecule has 1 aliphatic rings. The lowest BCUT2D eigenvalue weighted by atomic mass is 9.76. The first-order valence-corrected chi connectivity index (χ1v) is 6.87. The molecule has 2 rings (SSSR count). The van der Waals surface area contributed by atoms with Crippen molar-refractivity contribution in [3.05, 3.63) is 18.0 Å². The summed E-state index contributed by atoms with van der Waals surface area (Å²) in [5.74, 6) is 0.210. The fourth-order valence-corrected chi connectivity index (χ4v) is 2.75. The highest BCUT2D eigenvalue weighted by Gasteiger charge is 2.48. The number of carbonyl (C=O) groups excluding carboxylic acids is 1. The van der Waals surface area contributed by atoms with Gasteiger partial charge in [-0.05, 0) is 25.8 Å². The number of rotatable bonds is 5. The Kier molecular flexibility index (Phi) is 4.24. The Hall–Kier alpha value is -1.36. The summed E-state index contributed by atoms with van der Waals surface area (Å²) in [4.78, 5) is 14.5. The molecule has 1 aromatic heterocycles. The molecule has 0 aromatic carbocycles. The van der Waals surface area contributed by atoms with Gasteiger partial charge in [-0.25, -0.2) is 0 Å². The van der Waals surface area contributed by atoms with Gasteiger partial charge in [0.1, 0.15) is 6.26 Å². The number of carbonyl (C=O) groups is 1. The molecule has 106 valence electrons. The van der Waals surface area contributed by atoms with Gasteiger partial charge in [0, 0.05) is 19.2 Å². The van der Waals surface area contributed by atoms with E-state index in [4.69, 9.17) is 9.26 Å². The highest BCUT2D eigenvalue weighted by Crippen LogP contribution is 2.39. The van der Waals surface area contributed by atoms with Crippen molar-refractivity contribution in [2.75, 3.05) is 19.7 Å². The molecule has 19 heavy (non-hydrogen) atoms. The molecule has 1 atom stereocenters. The molecule has 1 saturated heterocycles. The number of nitrogens with zero attached hydrogens (tertiary/aromatic N) is 2. The van der Waals surface area contributed by atoms with Crippen molar-refractivity contribution in [1.29, 1.82) is 0 Å². The maximum absolute atomic E-state index is 12.3. The van der Waals surface area contributed by atoms with Crippen LogP contribution in [0.15, 0.2) is 16.9 Å². The van der Waals surface area contributed by atoms with Gasteiger partial charge >= 0.3 is 5.97 Å². The van der Waals surface area contributed by atoms with E-state index in [0.29, 0.717) is 6.61 Å². The van der Waals surface area contributed by atoms with Crippen LogP contribution in [0, 0.1) is 11.3 Å². The SMILES string of the molecule is CCOC(=O)[C@]1(C(C)C)CCN(Cc2ccon2)C1. The molecular weight excluding hydrogens is 244 g/mol. The molecule has 0 spiro atoms. The van der Waals surface area contributed by atoms with Gasteiger partial charge < -0.3 is 9.26 Å². The van der Waals surface area contributed by atoms with Gasteiger partial charge in [-0.15, -0.1) is 0 Å². The molecule has 5 nitrogen and oxygen atoms in total. The van der Waals surface area contributed by atoms with Crippen molar-refractivity contribution in [2.24, 2.45) is 11.3 Å². The zero-order valence-corrected chi connectivity index (χ0v) is 11.9. The second kappa shape index (κ2) is 5.74. The van der Waals surface area contributed by atoms with Crippen LogP contribution in [0.25, 0.3) is 0 Å². The summed E-state index contributed by atoms with van der Waals surface area (Å²) in [5, 5.41) is 3.92. The van der Waals surface area contributed by atoms with E-state index in [1.54, 1.807) is 6.26 Å². The van der Waals surface area contributed by atoms with Gasteiger partial charge in [-0.3, -0.25) is 9.69 Å². The molecular formula is C14H22N2O3. The number of ether oxygens (including phenoxy) is 1. The molecule has 1 aromatic rings. The summed E-state index contributed by atoms with van der Waals surface area (Å²) in [6.07, 6.45) is 2.42. The van der Waals surface area contributed by atoms with Gasteiger partial charge in [0.05, 0.1) is 17.7 Å². The van der Waals surface area contributed by atoms with Crippen LogP contribution in [-0.2, 0) is 16.1 Å². The maximum atomic E-state index is 12.3. The van der Waals surface area contributed by atoms with Gasteiger partial charge in [-0.1, -0.05) is 19.0 Å². The van der Waals surface area contributed by atoms with Crippen LogP contribution < -0.4 is 0 Å². The minimum atomic E-state index is -0.375. The van der Waals surface area contributed by atoms with Crippen molar-refractivity contribution in [3.63, 3.8) is 0 Å². The Labute approximate surface area is 113 Å². The maximum Gasteiger partial charge on any atom is 0.313 e. The first kappa shape index (κ1) is 14.1. The van der Waals surface area contributed by atoms with Gasteiger partial charge in [0.25, 0.3) is 0 Å². The molecule has 0 radical (unpaired) electrons. The first-order chi connectivity index (χ1) is 9.08. The average Bonchev–Trinajstić information content (AvgIpc) is 3.00. The van der Waals surface area contributed by atoms with E-state index in [1.165, 1.54) is 0 Å². The number of aromatic nitrogens is 1. The predicted molar refractivity (Wildman–Crippen MR) is 70.3 cm³/mol. The second-order valence-corrected chi connectivity index (χ2v) is 5.48. The molecule has 1 fully saturated rings. The number of hydrogen-bond acceptors (Lipinski definition) is 5. The molecule has 2 heterocycles. The van der Waals surface area contributed by atoms with Crippen LogP contribution in [0.4, 0.5) is 0 Å². The Morgan fingerprint density at radius 3 is 3.00 bits per heavy atom. The molecule has 0 amide bonds. The largest absolute Gasteiger partial charge is 0.466 e. The van der Waals surface area contributed by atoms with Crippen molar-refractivity contribution in [3.8, 4) is 0 Å². The summed E-state index contributed by atoms with van der Waals surface area (Å²) in [6, 6.07) is 1.86. The third kappa shape index (κ3) is 2.81. The Bertz CT molecular complexity index is 416. The molecule has 0 saturated carbocycles. The Morgan fingerprint density at radius 2 is 2.42 bits per heavy atom. The van der Waals surface area contributed by atoms with Gasteiger partial charge in [-0.2, -0.15) is 0 Å². The quantitative estimate of drug-likeness (QED) is 0.764. The topological polar surface area (TPSA) is 55.6 Å². The lowest BCUT2D eigenvalue weighted by Crippen LogP contribution is -2.40.